The van der Waals surface area contributed by atoms with Crippen molar-refractivity contribution in [3.05, 3.63) is 461 Å². The van der Waals surface area contributed by atoms with E-state index in [0.717, 1.165) is 89.8 Å². The number of benzene rings is 18. The summed E-state index contributed by atoms with van der Waals surface area (Å²) in [5, 5.41) is 9.89. The van der Waals surface area contributed by atoms with Crippen LogP contribution in [0, 0.1) is 0 Å². The Hall–Kier alpha value is -16.7. The number of fused-ring (bicyclic) bond motifs is 12. The Bertz CT molecular complexity index is 8040. The highest BCUT2D eigenvalue weighted by Gasteiger charge is 2.22. The fourth-order valence-corrected chi connectivity index (χ4v) is 18.3. The molecule has 8 heteroatoms. The summed E-state index contributed by atoms with van der Waals surface area (Å²) < 4.78 is 9.50. The fraction of sp³-hybridized carbons (Fsp3) is 0. The van der Waals surface area contributed by atoms with E-state index in [1.807, 2.05) is 48.5 Å². The summed E-state index contributed by atoms with van der Waals surface area (Å²) in [5.74, 6) is 1.41. The van der Waals surface area contributed by atoms with E-state index in [1.54, 1.807) is 0 Å². The third-order valence-electron chi connectivity index (χ3n) is 24.3. The molecule has 0 spiro atoms. The zero-order valence-electron chi connectivity index (χ0n) is 67.5. The molecule has 18 aromatic carbocycles. The maximum atomic E-state index is 5.11. The Morgan fingerprint density at radius 1 is 0.121 bits per heavy atom. The fourth-order valence-electron chi connectivity index (χ4n) is 18.3. The van der Waals surface area contributed by atoms with Gasteiger partial charge in [0.15, 0.2) is 11.6 Å². The van der Waals surface area contributed by atoms with Crippen LogP contribution in [0.5, 0.6) is 0 Å². The molecule has 0 radical (unpaired) electrons. The second-order valence-corrected chi connectivity index (χ2v) is 31.6. The lowest BCUT2D eigenvalue weighted by Gasteiger charge is -2.11. The van der Waals surface area contributed by atoms with Crippen LogP contribution in [-0.4, -0.2) is 38.2 Å². The first kappa shape index (κ1) is 72.5. The molecule has 0 aliphatic rings. The lowest BCUT2D eigenvalue weighted by molar-refractivity contribution is 1.18. The third kappa shape index (κ3) is 13.1. The van der Waals surface area contributed by atoms with Gasteiger partial charge in [0, 0.05) is 99.2 Å². The van der Waals surface area contributed by atoms with Gasteiger partial charge in [0.25, 0.3) is 0 Å². The zero-order valence-corrected chi connectivity index (χ0v) is 67.5. The highest BCUT2D eigenvalue weighted by atomic mass is 15.0. The molecule has 24 aromatic rings. The van der Waals surface area contributed by atoms with E-state index in [9.17, 15) is 0 Å². The average molecular weight is 1580 g/mol. The molecule has 0 bridgehead atoms. The molecule has 6 heterocycles. The van der Waals surface area contributed by atoms with Crippen molar-refractivity contribution < 1.29 is 0 Å². The first-order chi connectivity index (χ1) is 61.5. The Balaban J connectivity index is 0.000000143. The van der Waals surface area contributed by atoms with Gasteiger partial charge >= 0.3 is 0 Å². The molecule has 0 atom stereocenters. The van der Waals surface area contributed by atoms with Crippen LogP contribution < -0.4 is 0 Å². The molecule has 0 unspecified atom stereocenters. The number of rotatable bonds is 14. The summed E-state index contributed by atoms with van der Waals surface area (Å²) in [6, 6.07) is 164. The van der Waals surface area contributed by atoms with E-state index in [1.165, 1.54) is 121 Å². The van der Waals surface area contributed by atoms with Gasteiger partial charge in [-0.15, -0.1) is 0 Å². The number of nitrogens with zero attached hydrogens (tertiary/aromatic N) is 8. The summed E-state index contributed by atoms with van der Waals surface area (Å²) >= 11 is 0. The van der Waals surface area contributed by atoms with Gasteiger partial charge in [-0.2, -0.15) is 0 Å². The smallest absolute Gasteiger partial charge is 0.160 e. The zero-order chi connectivity index (χ0) is 82.0. The molecule has 0 saturated heterocycles. The minimum Gasteiger partial charge on any atom is -0.309 e. The minimum absolute atomic E-state index is 0.701. The van der Waals surface area contributed by atoms with Crippen LogP contribution in [-0.2, 0) is 0 Å². The first-order valence-electron chi connectivity index (χ1n) is 42.1. The molecule has 580 valence electrons. The molecule has 8 nitrogen and oxygen atoms in total. The number of aromatic nitrogens is 8. The van der Waals surface area contributed by atoms with Crippen molar-refractivity contribution >= 4 is 87.2 Å². The van der Waals surface area contributed by atoms with E-state index in [2.05, 4.69) is 431 Å². The lowest BCUT2D eigenvalue weighted by Crippen LogP contribution is -1.96. The average Bonchev–Trinajstić information content (AvgIpc) is 1.60. The van der Waals surface area contributed by atoms with Gasteiger partial charge in [-0.3, -0.25) is 0 Å². The van der Waals surface area contributed by atoms with E-state index >= 15 is 0 Å². The summed E-state index contributed by atoms with van der Waals surface area (Å²) in [7, 11) is 0. The van der Waals surface area contributed by atoms with Crippen LogP contribution in [0.3, 0.4) is 0 Å². The topological polar surface area (TPSA) is 71.3 Å². The predicted octanol–water partition coefficient (Wildman–Crippen LogP) is 30.0. The van der Waals surface area contributed by atoms with Crippen LogP contribution in [0.25, 0.3) is 222 Å². The molecule has 0 fully saturated rings. The maximum absolute atomic E-state index is 5.11. The third-order valence-corrected chi connectivity index (χ3v) is 24.3. The van der Waals surface area contributed by atoms with Crippen molar-refractivity contribution in [2.24, 2.45) is 0 Å². The molecule has 6 aromatic heterocycles. The van der Waals surface area contributed by atoms with Crippen molar-refractivity contribution in [2.75, 3.05) is 0 Å². The van der Waals surface area contributed by atoms with Gasteiger partial charge < -0.3 is 18.3 Å². The van der Waals surface area contributed by atoms with Gasteiger partial charge in [-0.25, -0.2) is 19.9 Å². The summed E-state index contributed by atoms with van der Waals surface area (Å²) in [4.78, 5) is 20.3. The van der Waals surface area contributed by atoms with Crippen molar-refractivity contribution in [2.45, 2.75) is 0 Å². The van der Waals surface area contributed by atoms with E-state index in [4.69, 9.17) is 19.9 Å². The van der Waals surface area contributed by atoms with Gasteiger partial charge in [0.05, 0.1) is 66.9 Å². The summed E-state index contributed by atoms with van der Waals surface area (Å²) in [6.07, 6.45) is 0. The number of hydrogen-bond acceptors (Lipinski definition) is 4. The second-order valence-electron chi connectivity index (χ2n) is 31.6. The molecule has 0 amide bonds. The SMILES string of the molecule is c1ccc(-c2cc(-c3ccccc3)nc(-c3ccc(-c4ccc5c(c4)c4ccccc4n5-c4ccc(-c5ccc6c(c5)c5ccccc5n6-c5ccccc5)cc4)cc3)n2)cc1.c1ccc(-c2cc(-c3ccccc3)nc(-c3cccc(-c4ccc5c(c4)c4ccccc4n5-c4ccc(-c5ccc6c(c5)c5ccccc5n6-c5ccccc5)cc4)c3)n2)cc1. The van der Waals surface area contributed by atoms with Crippen molar-refractivity contribution in [3.8, 4) is 135 Å². The molecule has 0 N–H and O–H groups in total. The molecule has 0 aliphatic carbocycles. The van der Waals surface area contributed by atoms with E-state index < -0.39 is 0 Å². The van der Waals surface area contributed by atoms with E-state index in [-0.39, 0.29) is 0 Å². The normalized spacial score (nSPS) is 11.5. The molecule has 0 saturated carbocycles. The van der Waals surface area contributed by atoms with Crippen LogP contribution >= 0.6 is 0 Å². The van der Waals surface area contributed by atoms with Gasteiger partial charge in [0.2, 0.25) is 0 Å². The maximum Gasteiger partial charge on any atom is 0.160 e. The van der Waals surface area contributed by atoms with Crippen LogP contribution in [0.15, 0.2) is 461 Å². The Labute approximate surface area is 716 Å². The summed E-state index contributed by atoms with van der Waals surface area (Å²) in [5.41, 5.74) is 33.3. The standard InChI is InChI=1S/2C58H38N4/c1-4-15-40(16-5-1)52-38-53(41-17-6-2-7-18-41)60-58(59-52)45-20-14-19-42(35-45)44-30-34-57-51(37-44)49-24-11-13-26-55(49)62(57)47-31-27-39(28-32-47)43-29-33-56-50(36-43)48-23-10-12-25-54(48)61(56)46-21-8-3-9-22-46;1-4-14-41(15-5-1)52-38-53(42-16-6-2-7-17-42)60-58(59-52)43-26-24-39(25-27-43)44-30-35-57-51(36-44)49-21-11-13-23-55(49)62(57)47-32-28-40(29-33-47)45-31-34-56-50(37-45)48-20-10-12-22-54(48)61(56)46-18-8-3-9-19-46/h2*1-38H. The first-order valence-corrected chi connectivity index (χ1v) is 42.1. The van der Waals surface area contributed by atoms with Crippen LogP contribution in [0.1, 0.15) is 0 Å². The highest BCUT2D eigenvalue weighted by molar-refractivity contribution is 6.14. The number of hydrogen-bond donors (Lipinski definition) is 0. The second kappa shape index (κ2) is 30.9. The van der Waals surface area contributed by atoms with Crippen molar-refractivity contribution in [3.63, 3.8) is 0 Å². The van der Waals surface area contributed by atoms with Crippen molar-refractivity contribution in [1.29, 1.82) is 0 Å². The van der Waals surface area contributed by atoms with E-state index in [0.29, 0.717) is 11.6 Å². The molecule has 0 aliphatic heterocycles. The van der Waals surface area contributed by atoms with Crippen LogP contribution in [0.4, 0.5) is 0 Å². The number of para-hydroxylation sites is 6. The predicted molar refractivity (Wildman–Crippen MR) is 516 cm³/mol. The largest absolute Gasteiger partial charge is 0.309 e. The van der Waals surface area contributed by atoms with Crippen molar-refractivity contribution in [1.82, 2.24) is 38.2 Å². The van der Waals surface area contributed by atoms with Gasteiger partial charge in [0.1, 0.15) is 0 Å². The van der Waals surface area contributed by atoms with Crippen LogP contribution in [0.2, 0.25) is 0 Å². The Morgan fingerprint density at radius 2 is 0.331 bits per heavy atom. The monoisotopic (exact) mass is 1580 g/mol. The Kier molecular flexibility index (Phi) is 18.1. The molecular weight excluding hydrogens is 1510 g/mol. The van der Waals surface area contributed by atoms with Gasteiger partial charge in [-0.1, -0.05) is 322 Å². The summed E-state index contributed by atoms with van der Waals surface area (Å²) in [6.45, 7) is 0. The minimum atomic E-state index is 0.701. The molecular formula is C116H76N8. The Morgan fingerprint density at radius 3 is 0.645 bits per heavy atom. The quantitative estimate of drug-likeness (QED) is 0.109. The molecule has 124 heavy (non-hydrogen) atoms. The molecule has 24 rings (SSSR count). The lowest BCUT2D eigenvalue weighted by atomic mass is 10.00. The van der Waals surface area contributed by atoms with Gasteiger partial charge in [-0.05, 0) is 184 Å². The highest BCUT2D eigenvalue weighted by Crippen LogP contribution is 2.43.